The van der Waals surface area contributed by atoms with Crippen molar-refractivity contribution >= 4 is 6.09 Å². The Hall–Kier alpha value is -2.69. The molecule has 0 radical (unpaired) electrons. The lowest BCUT2D eigenvalue weighted by molar-refractivity contribution is 0.0463. The van der Waals surface area contributed by atoms with Crippen molar-refractivity contribution in [1.29, 1.82) is 0 Å². The number of carbonyl (C=O) groups is 1. The Bertz CT molecular complexity index is 866. The molecule has 2 atom stereocenters. The molecule has 5 nitrogen and oxygen atoms in total. The second-order valence-corrected chi connectivity index (χ2v) is 9.95. The second kappa shape index (κ2) is 9.21. The van der Waals surface area contributed by atoms with Gasteiger partial charge in [-0.2, -0.15) is 0 Å². The standard InChI is InChI=1S/C26H35NO4/c1-25(2,3)31-24(29)27-20-7-6-8-23(17-20)30-22-15-11-19(12-16-22)26(4,5)18-9-13-21(28)14-10-18/h9-16,20,23,28H,6-8,17H2,1-5H3,(H,27,29). The molecule has 3 rings (SSSR count). The van der Waals surface area contributed by atoms with Crippen LogP contribution in [0, 0.1) is 0 Å². The van der Waals surface area contributed by atoms with Gasteiger partial charge in [0.15, 0.2) is 0 Å². The molecule has 31 heavy (non-hydrogen) atoms. The highest BCUT2D eigenvalue weighted by Gasteiger charge is 2.27. The van der Waals surface area contributed by atoms with Crippen molar-refractivity contribution in [2.75, 3.05) is 0 Å². The Labute approximate surface area is 185 Å². The van der Waals surface area contributed by atoms with Gasteiger partial charge in [0.25, 0.3) is 0 Å². The molecule has 5 heteroatoms. The highest BCUT2D eigenvalue weighted by molar-refractivity contribution is 5.68. The fraction of sp³-hybridized carbons (Fsp3) is 0.500. The summed E-state index contributed by atoms with van der Waals surface area (Å²) >= 11 is 0. The third-order valence-electron chi connectivity index (χ3n) is 5.81. The molecular weight excluding hydrogens is 390 g/mol. The Morgan fingerprint density at radius 2 is 1.52 bits per heavy atom. The number of nitrogens with one attached hydrogen (secondary N) is 1. The van der Waals surface area contributed by atoms with Crippen molar-refractivity contribution in [2.45, 2.75) is 83.5 Å². The van der Waals surface area contributed by atoms with Crippen LogP contribution in [0.15, 0.2) is 48.5 Å². The monoisotopic (exact) mass is 425 g/mol. The van der Waals surface area contributed by atoms with E-state index < -0.39 is 5.60 Å². The first-order valence-corrected chi connectivity index (χ1v) is 11.1. The van der Waals surface area contributed by atoms with E-state index in [1.54, 1.807) is 12.1 Å². The van der Waals surface area contributed by atoms with E-state index in [0.29, 0.717) is 0 Å². The number of aromatic hydroxyl groups is 1. The Kier molecular flexibility index (Phi) is 6.83. The number of rotatable bonds is 5. The zero-order valence-electron chi connectivity index (χ0n) is 19.3. The zero-order chi connectivity index (χ0) is 22.6. The van der Waals surface area contributed by atoms with Gasteiger partial charge in [-0.25, -0.2) is 4.79 Å². The lowest BCUT2D eigenvalue weighted by Gasteiger charge is -2.31. The molecule has 1 aliphatic rings. The topological polar surface area (TPSA) is 67.8 Å². The van der Waals surface area contributed by atoms with Gasteiger partial charge < -0.3 is 19.9 Å². The summed E-state index contributed by atoms with van der Waals surface area (Å²) in [4.78, 5) is 12.1. The van der Waals surface area contributed by atoms with Gasteiger partial charge >= 0.3 is 6.09 Å². The summed E-state index contributed by atoms with van der Waals surface area (Å²) in [5, 5.41) is 12.5. The van der Waals surface area contributed by atoms with Crippen molar-refractivity contribution in [3.8, 4) is 11.5 Å². The van der Waals surface area contributed by atoms with Crippen molar-refractivity contribution < 1.29 is 19.4 Å². The smallest absolute Gasteiger partial charge is 0.407 e. The van der Waals surface area contributed by atoms with E-state index in [4.69, 9.17) is 9.47 Å². The number of alkyl carbamates (subject to hydrolysis) is 1. The molecule has 0 aromatic heterocycles. The van der Waals surface area contributed by atoms with E-state index in [9.17, 15) is 9.90 Å². The molecule has 168 valence electrons. The van der Waals surface area contributed by atoms with Crippen LogP contribution in [0.2, 0.25) is 0 Å². The lowest BCUT2D eigenvalue weighted by atomic mass is 9.78. The summed E-state index contributed by atoms with van der Waals surface area (Å²) < 4.78 is 11.6. The number of hydrogen-bond donors (Lipinski definition) is 2. The van der Waals surface area contributed by atoms with Gasteiger partial charge in [-0.05, 0) is 75.4 Å². The Balaban J connectivity index is 1.59. The van der Waals surface area contributed by atoms with Crippen LogP contribution in [0.4, 0.5) is 4.79 Å². The highest BCUT2D eigenvalue weighted by atomic mass is 16.6. The summed E-state index contributed by atoms with van der Waals surface area (Å²) in [5.41, 5.74) is 1.64. The first-order valence-electron chi connectivity index (χ1n) is 11.1. The molecule has 2 unspecified atom stereocenters. The molecule has 0 aliphatic heterocycles. The predicted octanol–water partition coefficient (Wildman–Crippen LogP) is 5.93. The van der Waals surface area contributed by atoms with Gasteiger partial charge in [-0.3, -0.25) is 0 Å². The summed E-state index contributed by atoms with van der Waals surface area (Å²) in [6.45, 7) is 9.94. The molecule has 0 saturated heterocycles. The quantitative estimate of drug-likeness (QED) is 0.623. The van der Waals surface area contributed by atoms with Crippen LogP contribution < -0.4 is 10.1 Å². The summed E-state index contributed by atoms with van der Waals surface area (Å²) in [5.74, 6) is 1.11. The van der Waals surface area contributed by atoms with Gasteiger partial charge in [-0.15, -0.1) is 0 Å². The molecule has 0 bridgehead atoms. The van der Waals surface area contributed by atoms with Gasteiger partial charge in [0.2, 0.25) is 0 Å². The number of phenolic OH excluding ortho intramolecular Hbond substituents is 1. The highest BCUT2D eigenvalue weighted by Crippen LogP contribution is 2.33. The van der Waals surface area contributed by atoms with E-state index in [1.807, 2.05) is 45.0 Å². The fourth-order valence-electron chi connectivity index (χ4n) is 4.04. The van der Waals surface area contributed by atoms with Crippen LogP contribution in [-0.4, -0.2) is 28.9 Å². The zero-order valence-corrected chi connectivity index (χ0v) is 19.3. The van der Waals surface area contributed by atoms with Crippen molar-refractivity contribution in [2.24, 2.45) is 0 Å². The third kappa shape index (κ3) is 6.39. The van der Waals surface area contributed by atoms with E-state index in [1.165, 1.54) is 5.56 Å². The van der Waals surface area contributed by atoms with Gasteiger partial charge in [0.1, 0.15) is 23.2 Å². The summed E-state index contributed by atoms with van der Waals surface area (Å²) in [6, 6.07) is 15.7. The maximum Gasteiger partial charge on any atom is 0.407 e. The third-order valence-corrected chi connectivity index (χ3v) is 5.81. The number of ether oxygens (including phenoxy) is 2. The number of amides is 1. The molecule has 1 aliphatic carbocycles. The van der Waals surface area contributed by atoms with Gasteiger partial charge in [0.05, 0.1) is 0 Å². The van der Waals surface area contributed by atoms with Crippen molar-refractivity contribution in [3.05, 3.63) is 59.7 Å². The first-order chi connectivity index (χ1) is 14.5. The number of benzene rings is 2. The first kappa shape index (κ1) is 23.0. The fourth-order valence-corrected chi connectivity index (χ4v) is 4.04. The minimum absolute atomic E-state index is 0.0707. The average molecular weight is 426 g/mol. The number of hydrogen-bond acceptors (Lipinski definition) is 4. The molecule has 1 saturated carbocycles. The minimum Gasteiger partial charge on any atom is -0.508 e. The van der Waals surface area contributed by atoms with Crippen LogP contribution in [0.5, 0.6) is 11.5 Å². The normalized spacial score (nSPS) is 19.5. The molecule has 2 N–H and O–H groups in total. The lowest BCUT2D eigenvalue weighted by Crippen LogP contribution is -2.43. The predicted molar refractivity (Wildman–Crippen MR) is 123 cm³/mol. The van der Waals surface area contributed by atoms with Crippen molar-refractivity contribution in [1.82, 2.24) is 5.32 Å². The maximum absolute atomic E-state index is 12.1. The van der Waals surface area contributed by atoms with Crippen LogP contribution >= 0.6 is 0 Å². The molecule has 0 spiro atoms. The van der Waals surface area contributed by atoms with E-state index >= 15 is 0 Å². The second-order valence-electron chi connectivity index (χ2n) is 9.95. The molecule has 2 aromatic carbocycles. The molecule has 0 heterocycles. The van der Waals surface area contributed by atoms with Crippen LogP contribution in [0.3, 0.4) is 0 Å². The largest absolute Gasteiger partial charge is 0.508 e. The SMILES string of the molecule is CC(C)(C)OC(=O)NC1CCCC(Oc2ccc(C(C)(C)c3ccc(O)cc3)cc2)C1. The van der Waals surface area contributed by atoms with Gasteiger partial charge in [-0.1, -0.05) is 38.1 Å². The van der Waals surface area contributed by atoms with E-state index in [-0.39, 0.29) is 29.4 Å². The van der Waals surface area contributed by atoms with E-state index in [0.717, 1.165) is 37.0 Å². The van der Waals surface area contributed by atoms with Gasteiger partial charge in [0, 0.05) is 17.9 Å². The van der Waals surface area contributed by atoms with Crippen LogP contribution in [0.1, 0.15) is 71.4 Å². The minimum atomic E-state index is -0.496. The number of phenols is 1. The Morgan fingerprint density at radius 3 is 2.10 bits per heavy atom. The number of carbonyl (C=O) groups excluding carboxylic acids is 1. The molecule has 1 amide bonds. The molecule has 2 aromatic rings. The maximum atomic E-state index is 12.1. The van der Waals surface area contributed by atoms with Crippen LogP contribution in [-0.2, 0) is 10.2 Å². The summed E-state index contributed by atoms with van der Waals surface area (Å²) in [6.07, 6.45) is 3.42. The van der Waals surface area contributed by atoms with Crippen LogP contribution in [0.25, 0.3) is 0 Å². The van der Waals surface area contributed by atoms with Crippen molar-refractivity contribution in [3.63, 3.8) is 0 Å². The Morgan fingerprint density at radius 1 is 0.935 bits per heavy atom. The van der Waals surface area contributed by atoms with E-state index in [2.05, 4.69) is 31.3 Å². The molecule has 1 fully saturated rings. The summed E-state index contributed by atoms with van der Waals surface area (Å²) in [7, 11) is 0. The molecular formula is C26H35NO4. The average Bonchev–Trinajstić information content (AvgIpc) is 2.67.